The molecule has 0 fully saturated rings. The first-order valence-corrected chi connectivity index (χ1v) is 8.19. The Labute approximate surface area is 115 Å². The highest BCUT2D eigenvalue weighted by Crippen LogP contribution is 2.23. The van der Waals surface area contributed by atoms with Gasteiger partial charge in [0.1, 0.15) is 0 Å². The van der Waals surface area contributed by atoms with Gasteiger partial charge >= 0.3 is 0 Å². The third kappa shape index (κ3) is 4.30. The van der Waals surface area contributed by atoms with Gasteiger partial charge in [0.15, 0.2) is 9.84 Å². The van der Waals surface area contributed by atoms with E-state index in [9.17, 15) is 13.5 Å². The number of aliphatic hydroxyl groups is 1. The third-order valence-electron chi connectivity index (χ3n) is 3.39. The van der Waals surface area contributed by atoms with Gasteiger partial charge in [-0.2, -0.15) is 0 Å². The molecular formula is C14H23NO3S. The van der Waals surface area contributed by atoms with Crippen LogP contribution in [0.15, 0.2) is 29.2 Å². The average Bonchev–Trinajstić information content (AvgIpc) is 2.38. The first-order chi connectivity index (χ1) is 8.77. The van der Waals surface area contributed by atoms with Gasteiger partial charge in [0.25, 0.3) is 0 Å². The molecule has 0 heterocycles. The Bertz CT molecular complexity index is 494. The van der Waals surface area contributed by atoms with Crippen molar-refractivity contribution in [1.29, 1.82) is 0 Å². The van der Waals surface area contributed by atoms with E-state index in [-0.39, 0.29) is 17.7 Å². The fourth-order valence-electron chi connectivity index (χ4n) is 1.88. The van der Waals surface area contributed by atoms with Crippen molar-refractivity contribution < 1.29 is 13.5 Å². The van der Waals surface area contributed by atoms with Crippen molar-refractivity contribution in [3.8, 4) is 0 Å². The predicted molar refractivity (Wildman–Crippen MR) is 76.9 cm³/mol. The number of hydrogen-bond acceptors (Lipinski definition) is 4. The zero-order chi connectivity index (χ0) is 14.6. The Morgan fingerprint density at radius 3 is 2.16 bits per heavy atom. The number of rotatable bonds is 6. The van der Waals surface area contributed by atoms with Gasteiger partial charge in [0.05, 0.1) is 16.8 Å². The minimum atomic E-state index is -3.15. The standard InChI is InChI=1S/C14H23NO3S/c1-4-19(17,18)13-7-5-12(6-8-13)10(2)9-14(16)11(3)15/h5-8,10-11,14,16H,4,9,15H2,1-3H3. The Morgan fingerprint density at radius 1 is 1.21 bits per heavy atom. The summed E-state index contributed by atoms with van der Waals surface area (Å²) in [6.07, 6.45) is 0.0198. The lowest BCUT2D eigenvalue weighted by Gasteiger charge is -2.19. The molecule has 0 amide bonds. The van der Waals surface area contributed by atoms with Crippen LogP contribution in [0.5, 0.6) is 0 Å². The van der Waals surface area contributed by atoms with Gasteiger partial charge in [0, 0.05) is 6.04 Å². The van der Waals surface area contributed by atoms with Gasteiger partial charge in [-0.1, -0.05) is 26.0 Å². The van der Waals surface area contributed by atoms with Gasteiger partial charge < -0.3 is 10.8 Å². The van der Waals surface area contributed by atoms with E-state index in [0.29, 0.717) is 11.3 Å². The first-order valence-electron chi connectivity index (χ1n) is 6.54. The molecule has 0 bridgehead atoms. The summed E-state index contributed by atoms with van der Waals surface area (Å²) in [7, 11) is -3.15. The maximum absolute atomic E-state index is 11.7. The van der Waals surface area contributed by atoms with Gasteiger partial charge in [-0.3, -0.25) is 0 Å². The summed E-state index contributed by atoms with van der Waals surface area (Å²) >= 11 is 0. The maximum atomic E-state index is 11.7. The summed E-state index contributed by atoms with van der Waals surface area (Å²) < 4.78 is 23.4. The lowest BCUT2D eigenvalue weighted by molar-refractivity contribution is 0.134. The topological polar surface area (TPSA) is 80.4 Å². The molecule has 1 aromatic rings. The van der Waals surface area contributed by atoms with Crippen LogP contribution in [0.4, 0.5) is 0 Å². The van der Waals surface area contributed by atoms with Crippen LogP contribution in [-0.4, -0.2) is 31.4 Å². The molecule has 5 heteroatoms. The molecule has 3 atom stereocenters. The summed E-state index contributed by atoms with van der Waals surface area (Å²) in [5, 5.41) is 9.76. The van der Waals surface area contributed by atoms with E-state index in [1.807, 2.05) is 6.92 Å². The maximum Gasteiger partial charge on any atom is 0.178 e. The molecular weight excluding hydrogens is 262 g/mol. The van der Waals surface area contributed by atoms with Crippen molar-refractivity contribution >= 4 is 9.84 Å². The molecule has 0 radical (unpaired) electrons. The van der Waals surface area contributed by atoms with E-state index in [1.165, 1.54) is 0 Å². The van der Waals surface area contributed by atoms with E-state index in [4.69, 9.17) is 5.73 Å². The molecule has 108 valence electrons. The van der Waals surface area contributed by atoms with Crippen molar-refractivity contribution in [2.75, 3.05) is 5.75 Å². The second-order valence-electron chi connectivity index (χ2n) is 5.04. The van der Waals surface area contributed by atoms with Crippen LogP contribution < -0.4 is 5.73 Å². The monoisotopic (exact) mass is 285 g/mol. The summed E-state index contributed by atoms with van der Waals surface area (Å²) in [5.74, 6) is 0.241. The third-order valence-corrected chi connectivity index (χ3v) is 5.14. The number of aliphatic hydroxyl groups excluding tert-OH is 1. The van der Waals surface area contributed by atoms with E-state index in [1.54, 1.807) is 38.1 Å². The molecule has 1 rings (SSSR count). The lowest BCUT2D eigenvalue weighted by Crippen LogP contribution is -2.32. The average molecular weight is 285 g/mol. The number of nitrogens with two attached hydrogens (primary N) is 1. The van der Waals surface area contributed by atoms with Gasteiger partial charge in [-0.15, -0.1) is 0 Å². The molecule has 0 aliphatic carbocycles. The minimum Gasteiger partial charge on any atom is -0.392 e. The summed E-state index contributed by atoms with van der Waals surface area (Å²) in [5.41, 5.74) is 6.64. The second kappa shape index (κ2) is 6.50. The van der Waals surface area contributed by atoms with Crippen molar-refractivity contribution in [2.45, 2.75) is 50.2 Å². The van der Waals surface area contributed by atoms with E-state index in [2.05, 4.69) is 0 Å². The Morgan fingerprint density at radius 2 is 1.74 bits per heavy atom. The van der Waals surface area contributed by atoms with E-state index >= 15 is 0 Å². The quantitative estimate of drug-likeness (QED) is 0.833. The Kier molecular flexibility index (Phi) is 5.52. The van der Waals surface area contributed by atoms with Gasteiger partial charge in [-0.05, 0) is 37.0 Å². The molecule has 0 aliphatic rings. The smallest absolute Gasteiger partial charge is 0.178 e. The minimum absolute atomic E-state index is 0.102. The summed E-state index contributed by atoms with van der Waals surface area (Å²) in [6.45, 7) is 5.40. The fraction of sp³-hybridized carbons (Fsp3) is 0.571. The summed E-state index contributed by atoms with van der Waals surface area (Å²) in [4.78, 5) is 0.346. The zero-order valence-corrected chi connectivity index (χ0v) is 12.5. The van der Waals surface area contributed by atoms with Crippen LogP contribution >= 0.6 is 0 Å². The number of benzene rings is 1. The predicted octanol–water partition coefficient (Wildman–Crippen LogP) is 1.68. The van der Waals surface area contributed by atoms with Crippen LogP contribution in [-0.2, 0) is 9.84 Å². The van der Waals surface area contributed by atoms with Crippen LogP contribution in [0.3, 0.4) is 0 Å². The molecule has 0 aromatic heterocycles. The molecule has 3 N–H and O–H groups in total. The highest BCUT2D eigenvalue weighted by atomic mass is 32.2. The highest BCUT2D eigenvalue weighted by Gasteiger charge is 2.16. The Hall–Kier alpha value is -0.910. The fourth-order valence-corrected chi connectivity index (χ4v) is 2.77. The molecule has 0 saturated carbocycles. The number of sulfone groups is 1. The van der Waals surface area contributed by atoms with Crippen LogP contribution in [0.25, 0.3) is 0 Å². The lowest BCUT2D eigenvalue weighted by atomic mass is 9.93. The van der Waals surface area contributed by atoms with Crippen molar-refractivity contribution in [1.82, 2.24) is 0 Å². The Balaban J connectivity index is 2.82. The number of hydrogen-bond donors (Lipinski definition) is 2. The van der Waals surface area contributed by atoms with Crippen molar-refractivity contribution in [3.05, 3.63) is 29.8 Å². The molecule has 0 aliphatic heterocycles. The SMILES string of the molecule is CCS(=O)(=O)c1ccc(C(C)CC(O)C(C)N)cc1. The molecule has 1 aromatic carbocycles. The molecule has 19 heavy (non-hydrogen) atoms. The highest BCUT2D eigenvalue weighted by molar-refractivity contribution is 7.91. The van der Waals surface area contributed by atoms with Crippen LogP contribution in [0.1, 0.15) is 38.7 Å². The van der Waals surface area contributed by atoms with Crippen LogP contribution in [0, 0.1) is 0 Å². The molecule has 4 nitrogen and oxygen atoms in total. The second-order valence-corrected chi connectivity index (χ2v) is 7.31. The summed E-state index contributed by atoms with van der Waals surface area (Å²) in [6, 6.07) is 6.61. The van der Waals surface area contributed by atoms with Crippen LogP contribution in [0.2, 0.25) is 0 Å². The van der Waals surface area contributed by atoms with Crippen molar-refractivity contribution in [3.63, 3.8) is 0 Å². The van der Waals surface area contributed by atoms with Crippen molar-refractivity contribution in [2.24, 2.45) is 5.73 Å². The largest absolute Gasteiger partial charge is 0.392 e. The first kappa shape index (κ1) is 16.1. The molecule has 0 saturated heterocycles. The normalized spacial score (nSPS) is 16.9. The van der Waals surface area contributed by atoms with E-state index in [0.717, 1.165) is 5.56 Å². The molecule has 0 spiro atoms. The van der Waals surface area contributed by atoms with E-state index < -0.39 is 15.9 Å². The van der Waals surface area contributed by atoms with Gasteiger partial charge in [-0.25, -0.2) is 8.42 Å². The van der Waals surface area contributed by atoms with Gasteiger partial charge in [0.2, 0.25) is 0 Å². The zero-order valence-electron chi connectivity index (χ0n) is 11.7. The molecule has 3 unspecified atom stereocenters.